The van der Waals surface area contributed by atoms with Gasteiger partial charge in [0.2, 0.25) is 0 Å². The van der Waals surface area contributed by atoms with Gasteiger partial charge < -0.3 is 0 Å². The van der Waals surface area contributed by atoms with Crippen LogP contribution in [-0.4, -0.2) is 12.8 Å². The standard InChI is InChI=1S/C11H15N/c1-3-7-12-9-11-6-4-5-10(2)8-11/h4-6,8-9H,3,7H2,1-2H3/p+1. The van der Waals surface area contributed by atoms with Gasteiger partial charge in [-0.3, -0.25) is 0 Å². The maximum absolute atomic E-state index is 3.25. The van der Waals surface area contributed by atoms with E-state index in [0.29, 0.717) is 0 Å². The topological polar surface area (TPSA) is 14.0 Å². The van der Waals surface area contributed by atoms with E-state index in [0.717, 1.165) is 6.54 Å². The molecule has 1 N–H and O–H groups in total. The summed E-state index contributed by atoms with van der Waals surface area (Å²) in [7, 11) is 0. The van der Waals surface area contributed by atoms with Crippen molar-refractivity contribution in [3.8, 4) is 0 Å². The van der Waals surface area contributed by atoms with Crippen molar-refractivity contribution in [3.05, 3.63) is 35.4 Å². The third kappa shape index (κ3) is 2.87. The van der Waals surface area contributed by atoms with Gasteiger partial charge in [-0.05, 0) is 19.1 Å². The monoisotopic (exact) mass is 162 g/mol. The minimum Gasteiger partial charge on any atom is -0.248 e. The Labute approximate surface area is 74.2 Å². The van der Waals surface area contributed by atoms with E-state index < -0.39 is 0 Å². The summed E-state index contributed by atoms with van der Waals surface area (Å²) in [6, 6.07) is 8.46. The first kappa shape index (κ1) is 8.98. The van der Waals surface area contributed by atoms with Crippen molar-refractivity contribution >= 4 is 6.21 Å². The molecule has 0 aliphatic heterocycles. The summed E-state index contributed by atoms with van der Waals surface area (Å²) in [5.41, 5.74) is 2.56. The van der Waals surface area contributed by atoms with Crippen LogP contribution in [0.2, 0.25) is 0 Å². The number of rotatable bonds is 3. The van der Waals surface area contributed by atoms with Crippen molar-refractivity contribution in [1.29, 1.82) is 0 Å². The molecule has 12 heavy (non-hydrogen) atoms. The Morgan fingerprint density at radius 3 is 2.92 bits per heavy atom. The highest BCUT2D eigenvalue weighted by molar-refractivity contribution is 5.74. The van der Waals surface area contributed by atoms with E-state index in [1.165, 1.54) is 17.5 Å². The molecule has 0 saturated carbocycles. The van der Waals surface area contributed by atoms with Gasteiger partial charge in [0.05, 0.1) is 0 Å². The van der Waals surface area contributed by atoms with Gasteiger partial charge in [0.25, 0.3) is 0 Å². The van der Waals surface area contributed by atoms with Gasteiger partial charge >= 0.3 is 0 Å². The van der Waals surface area contributed by atoms with Crippen molar-refractivity contribution in [1.82, 2.24) is 0 Å². The molecule has 0 heterocycles. The SMILES string of the molecule is CCC[NH+]=Cc1cccc(C)c1. The quantitative estimate of drug-likeness (QED) is 0.635. The zero-order chi connectivity index (χ0) is 8.81. The molecule has 0 unspecified atom stereocenters. The van der Waals surface area contributed by atoms with Gasteiger partial charge in [-0.1, -0.05) is 24.6 Å². The van der Waals surface area contributed by atoms with Crippen molar-refractivity contribution in [3.63, 3.8) is 0 Å². The Bertz CT molecular complexity index is 263. The third-order valence-corrected chi connectivity index (χ3v) is 1.71. The second-order valence-electron chi connectivity index (χ2n) is 3.01. The van der Waals surface area contributed by atoms with Gasteiger partial charge in [-0.2, -0.15) is 0 Å². The van der Waals surface area contributed by atoms with E-state index in [-0.39, 0.29) is 0 Å². The lowest BCUT2D eigenvalue weighted by Gasteiger charge is -1.91. The van der Waals surface area contributed by atoms with Crippen molar-refractivity contribution in [2.45, 2.75) is 20.3 Å². The summed E-state index contributed by atoms with van der Waals surface area (Å²) in [4.78, 5) is 3.25. The van der Waals surface area contributed by atoms with Gasteiger partial charge in [0, 0.05) is 12.0 Å². The molecule has 1 aromatic carbocycles. The normalized spacial score (nSPS) is 10.8. The Hall–Kier alpha value is -1.11. The van der Waals surface area contributed by atoms with E-state index >= 15 is 0 Å². The lowest BCUT2D eigenvalue weighted by atomic mass is 10.2. The molecule has 1 aromatic rings. The van der Waals surface area contributed by atoms with Crippen LogP contribution in [0.15, 0.2) is 24.3 Å². The lowest BCUT2D eigenvalue weighted by Crippen LogP contribution is -2.68. The van der Waals surface area contributed by atoms with Gasteiger partial charge in [0.15, 0.2) is 6.21 Å². The van der Waals surface area contributed by atoms with Crippen LogP contribution >= 0.6 is 0 Å². The maximum Gasteiger partial charge on any atom is 0.169 e. The zero-order valence-electron chi connectivity index (χ0n) is 7.80. The molecule has 1 nitrogen and oxygen atoms in total. The van der Waals surface area contributed by atoms with Crippen molar-refractivity contribution in [2.24, 2.45) is 0 Å². The van der Waals surface area contributed by atoms with Crippen LogP contribution in [0.5, 0.6) is 0 Å². The number of hydrogen-bond donors (Lipinski definition) is 1. The molecular formula is C11H16N+. The fraction of sp³-hybridized carbons (Fsp3) is 0.364. The van der Waals surface area contributed by atoms with Gasteiger partial charge in [0.1, 0.15) is 6.54 Å². The predicted molar refractivity (Wildman–Crippen MR) is 52.5 cm³/mol. The van der Waals surface area contributed by atoms with Gasteiger partial charge in [-0.15, -0.1) is 0 Å². The Kier molecular flexibility index (Phi) is 3.52. The van der Waals surface area contributed by atoms with E-state index in [9.17, 15) is 0 Å². The van der Waals surface area contributed by atoms with Crippen molar-refractivity contribution < 1.29 is 4.99 Å². The van der Waals surface area contributed by atoms with Crippen LogP contribution in [0.25, 0.3) is 0 Å². The molecule has 0 amide bonds. The molecule has 1 heteroatoms. The highest BCUT2D eigenvalue weighted by Gasteiger charge is 1.90. The largest absolute Gasteiger partial charge is 0.248 e. The second kappa shape index (κ2) is 4.70. The van der Waals surface area contributed by atoms with Crippen LogP contribution < -0.4 is 4.99 Å². The summed E-state index contributed by atoms with van der Waals surface area (Å²) in [5.74, 6) is 0. The van der Waals surface area contributed by atoms with Crippen LogP contribution in [-0.2, 0) is 0 Å². The lowest BCUT2D eigenvalue weighted by molar-refractivity contribution is -0.451. The van der Waals surface area contributed by atoms with Gasteiger partial charge in [-0.25, -0.2) is 4.99 Å². The molecule has 0 radical (unpaired) electrons. The molecule has 0 atom stereocenters. The number of hydrogen-bond acceptors (Lipinski definition) is 0. The van der Waals surface area contributed by atoms with Crippen LogP contribution in [0.3, 0.4) is 0 Å². The average Bonchev–Trinajstić information content (AvgIpc) is 2.05. The highest BCUT2D eigenvalue weighted by atomic mass is 14.7. The molecular weight excluding hydrogens is 146 g/mol. The average molecular weight is 162 g/mol. The summed E-state index contributed by atoms with van der Waals surface area (Å²) in [6.07, 6.45) is 3.23. The van der Waals surface area contributed by atoms with Crippen molar-refractivity contribution in [2.75, 3.05) is 6.54 Å². The Morgan fingerprint density at radius 2 is 2.25 bits per heavy atom. The Morgan fingerprint density at radius 1 is 1.42 bits per heavy atom. The number of aryl methyl sites for hydroxylation is 1. The number of benzene rings is 1. The molecule has 0 aliphatic rings. The first-order valence-electron chi connectivity index (χ1n) is 4.46. The fourth-order valence-corrected chi connectivity index (χ4v) is 1.09. The van der Waals surface area contributed by atoms with E-state index in [2.05, 4.69) is 49.3 Å². The molecule has 0 spiro atoms. The first-order valence-corrected chi connectivity index (χ1v) is 4.46. The van der Waals surface area contributed by atoms with Crippen LogP contribution in [0.4, 0.5) is 0 Å². The maximum atomic E-state index is 3.25. The summed E-state index contributed by atoms with van der Waals surface area (Å²) in [5, 5.41) is 0. The minimum atomic E-state index is 1.05. The summed E-state index contributed by atoms with van der Waals surface area (Å²) < 4.78 is 0. The predicted octanol–water partition coefficient (Wildman–Crippen LogP) is 0.905. The smallest absolute Gasteiger partial charge is 0.169 e. The molecule has 1 rings (SSSR count). The molecule has 0 fully saturated rings. The fourth-order valence-electron chi connectivity index (χ4n) is 1.09. The van der Waals surface area contributed by atoms with E-state index in [1.54, 1.807) is 0 Å². The summed E-state index contributed by atoms with van der Waals surface area (Å²) >= 11 is 0. The third-order valence-electron chi connectivity index (χ3n) is 1.71. The summed E-state index contributed by atoms with van der Waals surface area (Å²) in [6.45, 7) is 5.32. The second-order valence-corrected chi connectivity index (χ2v) is 3.01. The molecule has 0 aliphatic carbocycles. The highest BCUT2D eigenvalue weighted by Crippen LogP contribution is 1.99. The van der Waals surface area contributed by atoms with Crippen LogP contribution in [0, 0.1) is 6.92 Å². The number of nitrogens with one attached hydrogen (secondary N) is 1. The zero-order valence-corrected chi connectivity index (χ0v) is 7.80. The minimum absolute atomic E-state index is 1.05. The van der Waals surface area contributed by atoms with E-state index in [1.807, 2.05) is 0 Å². The Balaban J connectivity index is 2.63. The molecule has 0 bridgehead atoms. The van der Waals surface area contributed by atoms with E-state index in [4.69, 9.17) is 0 Å². The van der Waals surface area contributed by atoms with Crippen LogP contribution in [0.1, 0.15) is 24.5 Å². The molecule has 64 valence electrons. The first-order chi connectivity index (χ1) is 5.83. The molecule has 0 aromatic heterocycles. The molecule has 0 saturated heterocycles.